The number of pyridine rings is 1. The highest BCUT2D eigenvalue weighted by Crippen LogP contribution is 2.34. The number of halogens is 1. The maximum Gasteiger partial charge on any atom is 0.183 e. The van der Waals surface area contributed by atoms with E-state index in [1.54, 1.807) is 17.6 Å². The smallest absolute Gasteiger partial charge is 0.183 e. The molecule has 0 amide bonds. The maximum absolute atomic E-state index is 13.7. The normalized spacial score (nSPS) is 12.2. The molecule has 2 heterocycles. The predicted octanol–water partition coefficient (Wildman–Crippen LogP) is 5.19. The monoisotopic (exact) mass is 326 g/mol. The van der Waals surface area contributed by atoms with Crippen molar-refractivity contribution in [2.75, 3.05) is 7.11 Å². The number of benzene rings is 1. The summed E-state index contributed by atoms with van der Waals surface area (Å²) in [5.41, 5.74) is 1.74. The topological polar surface area (TPSA) is 51.2 Å². The molecule has 0 saturated heterocycles. The first kappa shape index (κ1) is 16.1. The van der Waals surface area contributed by atoms with E-state index >= 15 is 0 Å². The summed E-state index contributed by atoms with van der Waals surface area (Å²) in [6.07, 6.45) is 1.37. The van der Waals surface area contributed by atoms with Crippen LogP contribution in [0.2, 0.25) is 0 Å². The van der Waals surface area contributed by atoms with Crippen molar-refractivity contribution in [1.82, 2.24) is 9.38 Å². The van der Waals surface area contributed by atoms with Gasteiger partial charge in [0.1, 0.15) is 22.9 Å². The molecular formula is C18H19FN4O. The number of nitrogens with zero attached hydrogens (tertiary/aromatic N) is 4. The number of aromatic nitrogens is 2. The number of azo groups is 1. The number of methoxy groups -OCH3 is 1. The Morgan fingerprint density at radius 3 is 2.54 bits per heavy atom. The van der Waals surface area contributed by atoms with Crippen LogP contribution in [0.25, 0.3) is 5.65 Å². The summed E-state index contributed by atoms with van der Waals surface area (Å²) >= 11 is 0. The molecule has 0 aliphatic rings. The fourth-order valence-electron chi connectivity index (χ4n) is 2.42. The number of hydrogen-bond acceptors (Lipinski definition) is 4. The summed E-state index contributed by atoms with van der Waals surface area (Å²) in [4.78, 5) is 4.59. The van der Waals surface area contributed by atoms with Crippen LogP contribution in [0.15, 0.2) is 52.8 Å². The van der Waals surface area contributed by atoms with Gasteiger partial charge in [0.2, 0.25) is 0 Å². The van der Waals surface area contributed by atoms with Gasteiger partial charge in [0.05, 0.1) is 12.8 Å². The SMILES string of the molecule is COc1ccccc1N=Nc1c(C(C)(C)C)nc2ccc(F)cn12. The lowest BCUT2D eigenvalue weighted by atomic mass is 9.92. The second-order valence-electron chi connectivity index (χ2n) is 6.48. The first-order valence-electron chi connectivity index (χ1n) is 7.63. The Morgan fingerprint density at radius 2 is 1.83 bits per heavy atom. The molecule has 0 aliphatic carbocycles. The van der Waals surface area contributed by atoms with Gasteiger partial charge in [0, 0.05) is 11.6 Å². The van der Waals surface area contributed by atoms with Crippen molar-refractivity contribution >= 4 is 17.2 Å². The molecule has 0 aliphatic heterocycles. The largest absolute Gasteiger partial charge is 0.494 e. The van der Waals surface area contributed by atoms with Gasteiger partial charge in [-0.05, 0) is 24.3 Å². The van der Waals surface area contributed by atoms with Gasteiger partial charge in [0.15, 0.2) is 5.82 Å². The number of imidazole rings is 1. The Balaban J connectivity index is 2.17. The molecule has 5 nitrogen and oxygen atoms in total. The van der Waals surface area contributed by atoms with E-state index in [-0.39, 0.29) is 11.2 Å². The zero-order valence-electron chi connectivity index (χ0n) is 14.1. The highest BCUT2D eigenvalue weighted by Gasteiger charge is 2.24. The molecule has 24 heavy (non-hydrogen) atoms. The molecule has 0 atom stereocenters. The third-order valence-electron chi connectivity index (χ3n) is 3.61. The van der Waals surface area contributed by atoms with Crippen LogP contribution in [0.3, 0.4) is 0 Å². The van der Waals surface area contributed by atoms with E-state index in [4.69, 9.17) is 4.74 Å². The van der Waals surface area contributed by atoms with Crippen LogP contribution in [-0.2, 0) is 5.41 Å². The molecule has 0 unspecified atom stereocenters. The third-order valence-corrected chi connectivity index (χ3v) is 3.61. The summed E-state index contributed by atoms with van der Waals surface area (Å²) in [6, 6.07) is 10.4. The van der Waals surface area contributed by atoms with Gasteiger partial charge in [-0.1, -0.05) is 32.9 Å². The Hall–Kier alpha value is -2.76. The molecule has 0 N–H and O–H groups in total. The van der Waals surface area contributed by atoms with Crippen molar-refractivity contribution in [2.45, 2.75) is 26.2 Å². The lowest BCUT2D eigenvalue weighted by Gasteiger charge is -2.15. The maximum atomic E-state index is 13.7. The van der Waals surface area contributed by atoms with E-state index < -0.39 is 0 Å². The van der Waals surface area contributed by atoms with Gasteiger partial charge < -0.3 is 4.74 Å². The lowest BCUT2D eigenvalue weighted by Crippen LogP contribution is -2.11. The molecule has 0 fully saturated rings. The summed E-state index contributed by atoms with van der Waals surface area (Å²) < 4.78 is 20.6. The van der Waals surface area contributed by atoms with Gasteiger partial charge in [-0.2, -0.15) is 0 Å². The van der Waals surface area contributed by atoms with E-state index in [2.05, 4.69) is 15.2 Å². The minimum atomic E-state index is -0.353. The van der Waals surface area contributed by atoms with Crippen LogP contribution >= 0.6 is 0 Å². The third kappa shape index (κ3) is 2.99. The van der Waals surface area contributed by atoms with Gasteiger partial charge in [-0.3, -0.25) is 4.40 Å². The zero-order valence-corrected chi connectivity index (χ0v) is 14.1. The molecule has 6 heteroatoms. The molecule has 3 rings (SSSR count). The van der Waals surface area contributed by atoms with Crippen molar-refractivity contribution < 1.29 is 9.13 Å². The zero-order chi connectivity index (χ0) is 17.3. The van der Waals surface area contributed by atoms with E-state index in [1.165, 1.54) is 12.3 Å². The van der Waals surface area contributed by atoms with Crippen LogP contribution in [0.4, 0.5) is 15.9 Å². The van der Waals surface area contributed by atoms with Gasteiger partial charge in [0.25, 0.3) is 0 Å². The predicted molar refractivity (Wildman–Crippen MR) is 91.0 cm³/mol. The highest BCUT2D eigenvalue weighted by atomic mass is 19.1. The van der Waals surface area contributed by atoms with E-state index in [0.717, 1.165) is 5.69 Å². The fraction of sp³-hybridized carbons (Fsp3) is 0.278. The van der Waals surface area contributed by atoms with Gasteiger partial charge in [-0.15, -0.1) is 10.2 Å². The first-order valence-corrected chi connectivity index (χ1v) is 7.63. The molecular weight excluding hydrogens is 307 g/mol. The van der Waals surface area contributed by atoms with Crippen molar-refractivity contribution in [1.29, 1.82) is 0 Å². The molecule has 0 spiro atoms. The second-order valence-corrected chi connectivity index (χ2v) is 6.48. The molecule has 0 bridgehead atoms. The highest BCUT2D eigenvalue weighted by molar-refractivity contribution is 5.55. The number of hydrogen-bond donors (Lipinski definition) is 0. The quantitative estimate of drug-likeness (QED) is 0.622. The average Bonchev–Trinajstić information content (AvgIpc) is 2.91. The number of para-hydroxylation sites is 1. The molecule has 124 valence electrons. The Labute approximate surface area is 139 Å². The number of fused-ring (bicyclic) bond motifs is 1. The Morgan fingerprint density at radius 1 is 1.08 bits per heavy atom. The summed E-state index contributed by atoms with van der Waals surface area (Å²) in [5, 5.41) is 8.65. The molecule has 3 aromatic rings. The van der Waals surface area contributed by atoms with Crippen LogP contribution in [0.1, 0.15) is 26.5 Å². The second kappa shape index (κ2) is 6.03. The minimum Gasteiger partial charge on any atom is -0.494 e. The fourth-order valence-corrected chi connectivity index (χ4v) is 2.42. The van der Waals surface area contributed by atoms with Gasteiger partial charge in [-0.25, -0.2) is 9.37 Å². The Bertz CT molecular complexity index is 909. The molecule has 1 aromatic carbocycles. The van der Waals surface area contributed by atoms with E-state index in [9.17, 15) is 4.39 Å². The van der Waals surface area contributed by atoms with Crippen molar-refractivity contribution in [3.8, 4) is 5.75 Å². The molecule has 0 radical (unpaired) electrons. The van der Waals surface area contributed by atoms with Crippen molar-refractivity contribution in [2.24, 2.45) is 10.2 Å². The van der Waals surface area contributed by atoms with E-state index in [0.29, 0.717) is 22.9 Å². The van der Waals surface area contributed by atoms with Gasteiger partial charge >= 0.3 is 0 Å². The van der Waals surface area contributed by atoms with E-state index in [1.807, 2.05) is 45.0 Å². The van der Waals surface area contributed by atoms with Crippen molar-refractivity contribution in [3.05, 3.63) is 54.1 Å². The minimum absolute atomic E-state index is 0.252. The number of rotatable bonds is 3. The standard InChI is InChI=1S/C18H19FN4O/c1-18(2,3)16-17(23-11-12(19)9-10-15(23)20-16)22-21-13-7-5-6-8-14(13)24-4/h5-11H,1-4H3. The lowest BCUT2D eigenvalue weighted by molar-refractivity contribution is 0.416. The Kier molecular flexibility index (Phi) is 4.05. The summed E-state index contributed by atoms with van der Waals surface area (Å²) in [6.45, 7) is 6.10. The molecule has 0 saturated carbocycles. The molecule has 2 aromatic heterocycles. The van der Waals surface area contributed by atoms with Crippen molar-refractivity contribution in [3.63, 3.8) is 0 Å². The van der Waals surface area contributed by atoms with Crippen LogP contribution in [0.5, 0.6) is 5.75 Å². The summed E-state index contributed by atoms with van der Waals surface area (Å²) in [5.74, 6) is 0.788. The summed E-state index contributed by atoms with van der Waals surface area (Å²) in [7, 11) is 1.58. The number of ether oxygens (including phenoxy) is 1. The van der Waals surface area contributed by atoms with Crippen LogP contribution < -0.4 is 4.74 Å². The average molecular weight is 326 g/mol. The first-order chi connectivity index (χ1) is 11.4. The van der Waals surface area contributed by atoms with Crippen LogP contribution in [-0.4, -0.2) is 16.5 Å². The van der Waals surface area contributed by atoms with Crippen LogP contribution in [0, 0.1) is 5.82 Å².